The van der Waals surface area contributed by atoms with Crippen LogP contribution in [0.1, 0.15) is 116 Å². The molecule has 3 N–H and O–H groups in total. The molecule has 0 bridgehead atoms. The van der Waals surface area contributed by atoms with Crippen molar-refractivity contribution in [2.24, 2.45) is 16.2 Å². The molecule has 9 aromatic rings. The van der Waals surface area contributed by atoms with Gasteiger partial charge in [-0.1, -0.05) is 157 Å². The Bertz CT molecular complexity index is 4550. The fraction of sp³-hybridized carbons (Fsp3) is 0.407. The van der Waals surface area contributed by atoms with Crippen LogP contribution in [-0.2, 0) is 0 Å². The summed E-state index contributed by atoms with van der Waals surface area (Å²) in [6.07, 6.45) is 15.1. The van der Waals surface area contributed by atoms with Gasteiger partial charge >= 0.3 is 0 Å². The summed E-state index contributed by atoms with van der Waals surface area (Å²) in [5, 5.41) is 9.41. The first-order valence-corrected chi connectivity index (χ1v) is 38.0. The highest BCUT2D eigenvalue weighted by molar-refractivity contribution is 9.09. The minimum absolute atomic E-state index is 0.0816. The van der Waals surface area contributed by atoms with Gasteiger partial charge in [-0.15, -0.1) is 0 Å². The maximum absolute atomic E-state index is 12.0. The van der Waals surface area contributed by atoms with E-state index in [-0.39, 0.29) is 11.1 Å². The maximum Gasteiger partial charge on any atom is 0.258 e. The van der Waals surface area contributed by atoms with Crippen LogP contribution in [0.3, 0.4) is 0 Å². The van der Waals surface area contributed by atoms with E-state index in [1.165, 1.54) is 90.2 Å². The predicted octanol–water partition coefficient (Wildman–Crippen LogP) is 18.1. The van der Waals surface area contributed by atoms with Gasteiger partial charge in [0.25, 0.3) is 11.1 Å². The summed E-state index contributed by atoms with van der Waals surface area (Å²) >= 11 is 28.1. The van der Waals surface area contributed by atoms with Crippen molar-refractivity contribution >= 4 is 129 Å². The minimum Gasteiger partial charge on any atom is -0.369 e. The Morgan fingerprint density at radius 1 is 0.420 bits per heavy atom. The number of rotatable bonds is 11. The number of hydrogen-bond donors (Lipinski definition) is 3. The summed E-state index contributed by atoms with van der Waals surface area (Å²) in [5.74, 6) is 0. The highest BCUT2D eigenvalue weighted by Crippen LogP contribution is 2.46. The lowest BCUT2D eigenvalue weighted by Crippen LogP contribution is -2.47. The SMILES string of the molecule is CC1(C)CCC(c2ccc(Cl)cc2)=C(CBr)C1.CC1(C)CCC(c2ccc(Cl)cc2)=C(CN2CCN(c3ccc4c(=O)[nH]cnc4c3)CC2)C1.CC1(C)CCC(c2ccc(Cl)cc2)=C(CN2CCN(c3ccc4c(Cl)ncnc4c3)CC2)C1.O=c1[nH]cnc2cc(N3CCNCC3)ccc12. The number of fused-ring (bicyclic) bond motifs is 3. The molecule has 0 saturated carbocycles. The molecule has 3 aliphatic carbocycles. The summed E-state index contributed by atoms with van der Waals surface area (Å²) in [6.45, 7) is 28.5. The Labute approximate surface area is 617 Å². The molecule has 0 atom stereocenters. The molecular weight excluding hydrogens is 1390 g/mol. The van der Waals surface area contributed by atoms with E-state index in [4.69, 9.17) is 46.4 Å². The third-order valence-electron chi connectivity index (χ3n) is 20.9. The van der Waals surface area contributed by atoms with E-state index < -0.39 is 0 Å². The summed E-state index contributed by atoms with van der Waals surface area (Å²) in [7, 11) is 0. The van der Waals surface area contributed by atoms with Gasteiger partial charge in [0.15, 0.2) is 0 Å². The van der Waals surface area contributed by atoms with E-state index in [0.29, 0.717) is 32.2 Å². The van der Waals surface area contributed by atoms with Crippen molar-refractivity contribution in [1.29, 1.82) is 0 Å². The lowest BCUT2D eigenvalue weighted by atomic mass is 9.72. The van der Waals surface area contributed by atoms with Crippen molar-refractivity contribution in [2.75, 3.05) is 112 Å². The summed E-state index contributed by atoms with van der Waals surface area (Å²) < 4.78 is 0. The average Bonchev–Trinajstić information content (AvgIpc) is 0.818. The van der Waals surface area contributed by atoms with Gasteiger partial charge in [-0.05, 0) is 198 Å². The average molecular weight is 1490 g/mol. The van der Waals surface area contributed by atoms with Gasteiger partial charge in [-0.2, -0.15) is 0 Å². The Balaban J connectivity index is 0.000000132. The van der Waals surface area contributed by atoms with Crippen molar-refractivity contribution in [3.8, 4) is 0 Å². The molecule has 6 heterocycles. The number of H-pyrrole nitrogens is 2. The van der Waals surface area contributed by atoms with Gasteiger partial charge in [0.05, 0.1) is 40.0 Å². The topological polar surface area (TPSA) is 146 Å². The third-order valence-corrected chi connectivity index (χ3v) is 22.6. The minimum atomic E-state index is -0.0865. The van der Waals surface area contributed by atoms with Crippen LogP contribution in [-0.4, -0.2) is 137 Å². The predicted molar refractivity (Wildman–Crippen MR) is 423 cm³/mol. The summed E-state index contributed by atoms with van der Waals surface area (Å²) in [4.78, 5) is 58.1. The normalized spacial score (nSPS) is 18.9. The zero-order valence-corrected chi connectivity index (χ0v) is 63.2. The highest BCUT2D eigenvalue weighted by Gasteiger charge is 2.32. The first-order chi connectivity index (χ1) is 48.1. The Hall–Kier alpha value is -6.92. The van der Waals surface area contributed by atoms with Gasteiger partial charge < -0.3 is 30.0 Å². The van der Waals surface area contributed by atoms with E-state index in [1.807, 2.05) is 78.9 Å². The molecule has 3 fully saturated rings. The number of piperazine rings is 3. The number of nitrogens with one attached hydrogen (secondary N) is 3. The first-order valence-electron chi connectivity index (χ1n) is 35.3. The molecule has 0 unspecified atom stereocenters. The van der Waals surface area contributed by atoms with Crippen molar-refractivity contribution in [2.45, 2.75) is 99.3 Å². The van der Waals surface area contributed by atoms with E-state index in [9.17, 15) is 9.59 Å². The van der Waals surface area contributed by atoms with Gasteiger partial charge in [0.2, 0.25) is 0 Å². The quantitative estimate of drug-likeness (QED) is 0.0837. The van der Waals surface area contributed by atoms with Crippen LogP contribution in [0, 0.1) is 16.2 Å². The Morgan fingerprint density at radius 3 is 1.16 bits per heavy atom. The molecule has 14 nitrogen and oxygen atoms in total. The number of aromatic amines is 2. The van der Waals surface area contributed by atoms with Crippen molar-refractivity contribution in [3.05, 3.63) is 221 Å². The standard InChI is InChI=1S/C27H30Cl2N4.C27H31ClN4O.C15H18BrCl.C12H14N4O/c1-27(2)10-9-23(19-3-5-21(28)6-4-19)20(16-27)17-32-11-13-33(14-12-32)22-7-8-24-25(15-22)30-18-31-26(24)29;1-27(2)10-9-23(19-3-5-21(28)6-4-19)20(16-27)17-31-11-13-32(14-12-31)22-7-8-24-25(15-22)29-18-30-26(24)33;1-15(2)8-7-14(12(9-15)10-16)11-3-5-13(17)6-4-11;17-12-10-2-1-9(7-11(10)14-8-15-12)16-5-3-13-4-6-16/h3-8,15,18H,9-14,16-17H2,1-2H3;3-8,15,18H,9-14,16-17H2,1-2H3,(H,29,30,33);3-6H,7-10H2,1-2H3;1-2,7-8,13H,3-6H2,(H,14,15,17). The Kier molecular flexibility index (Phi) is 23.7. The van der Waals surface area contributed by atoms with Crippen molar-refractivity contribution in [3.63, 3.8) is 0 Å². The maximum atomic E-state index is 12.0. The number of halogens is 5. The Morgan fingerprint density at radius 2 is 0.770 bits per heavy atom. The molecular formula is C81H93BrCl4N12O2. The van der Waals surface area contributed by atoms with E-state index >= 15 is 0 Å². The smallest absolute Gasteiger partial charge is 0.258 e. The van der Waals surface area contributed by atoms with Crippen LogP contribution in [0.15, 0.2) is 173 Å². The highest BCUT2D eigenvalue weighted by atomic mass is 79.9. The second-order valence-corrected chi connectivity index (χ2v) is 32.1. The number of anilines is 3. The molecule has 6 aromatic carbocycles. The molecule has 524 valence electrons. The van der Waals surface area contributed by atoms with E-state index in [1.54, 1.807) is 16.7 Å². The summed E-state index contributed by atoms with van der Waals surface area (Å²) in [6, 6.07) is 43.1. The number of allylic oxidation sites excluding steroid dienone is 4. The molecule has 3 saturated heterocycles. The molecule has 15 rings (SSSR count). The first kappa shape index (κ1) is 72.9. The zero-order valence-electron chi connectivity index (χ0n) is 58.6. The van der Waals surface area contributed by atoms with Crippen molar-refractivity contribution < 1.29 is 0 Å². The van der Waals surface area contributed by atoms with Crippen LogP contribution in [0.2, 0.25) is 20.2 Å². The van der Waals surface area contributed by atoms with Crippen LogP contribution in [0.5, 0.6) is 0 Å². The fourth-order valence-electron chi connectivity index (χ4n) is 15.2. The third kappa shape index (κ3) is 18.6. The number of benzene rings is 6. The van der Waals surface area contributed by atoms with Crippen molar-refractivity contribution in [1.82, 2.24) is 45.0 Å². The molecule has 100 heavy (non-hydrogen) atoms. The molecule has 0 amide bonds. The van der Waals surface area contributed by atoms with Gasteiger partial charge in [-0.25, -0.2) is 19.9 Å². The molecule has 6 aliphatic rings. The number of hydrogen-bond acceptors (Lipinski definition) is 12. The van der Waals surface area contributed by atoms with Crippen LogP contribution in [0.4, 0.5) is 17.1 Å². The van der Waals surface area contributed by atoms with Crippen LogP contribution >= 0.6 is 62.3 Å². The molecule has 0 spiro atoms. The number of nitrogens with zero attached hydrogens (tertiary/aromatic N) is 9. The summed E-state index contributed by atoms with van der Waals surface area (Å²) in [5.41, 5.74) is 20.1. The van der Waals surface area contributed by atoms with Crippen LogP contribution < -0.4 is 31.1 Å². The lowest BCUT2D eigenvalue weighted by molar-refractivity contribution is 0.256. The number of aromatic nitrogens is 6. The second-order valence-electron chi connectivity index (χ2n) is 29.9. The van der Waals surface area contributed by atoms with Gasteiger partial charge in [0, 0.05) is 134 Å². The van der Waals surface area contributed by atoms with Crippen LogP contribution in [0.25, 0.3) is 49.4 Å². The molecule has 3 aliphatic heterocycles. The molecule has 3 aromatic heterocycles. The largest absolute Gasteiger partial charge is 0.369 e. The molecule has 0 radical (unpaired) electrons. The van der Waals surface area contributed by atoms with Gasteiger partial charge in [0.1, 0.15) is 11.5 Å². The zero-order chi connectivity index (χ0) is 70.1. The fourth-order valence-corrected chi connectivity index (χ4v) is 16.3. The molecule has 19 heteroatoms. The van der Waals surface area contributed by atoms with Gasteiger partial charge in [-0.3, -0.25) is 19.4 Å². The van der Waals surface area contributed by atoms with E-state index in [2.05, 4.69) is 166 Å². The second kappa shape index (κ2) is 32.6. The number of alkyl halides is 1. The van der Waals surface area contributed by atoms with E-state index in [0.717, 1.165) is 171 Å². The monoisotopic (exact) mass is 1480 g/mol. The lowest BCUT2D eigenvalue weighted by Gasteiger charge is -2.39.